The van der Waals surface area contributed by atoms with Crippen molar-refractivity contribution in [2.45, 2.75) is 215 Å². The number of hydrogen-bond acceptors (Lipinski definition) is 35. The lowest BCUT2D eigenvalue weighted by Gasteiger charge is -2.52. The van der Waals surface area contributed by atoms with Crippen LogP contribution in [0.2, 0.25) is 0 Å². The first-order valence-electron chi connectivity index (χ1n) is 31.9. The Balaban J connectivity index is 0.996. The first-order chi connectivity index (χ1) is 46.6. The fraction of sp³-hybridized carbons (Fsp3) is 1.00. The van der Waals surface area contributed by atoms with Gasteiger partial charge >= 0.3 is 0 Å². The lowest BCUT2D eigenvalue weighted by Crippen LogP contribution is -2.69. The van der Waals surface area contributed by atoms with E-state index in [1.807, 2.05) is 0 Å². The zero-order valence-corrected chi connectivity index (χ0v) is 58.5. The molecular weight excluding hydrogens is 1290 g/mol. The van der Waals surface area contributed by atoms with Crippen molar-refractivity contribution in [3.8, 4) is 0 Å². The van der Waals surface area contributed by atoms with E-state index in [9.17, 15) is 10.2 Å². The minimum atomic E-state index is -1.23. The average molecular weight is 1400 g/mol. The maximum Gasteiger partial charge on any atom is 0.187 e. The van der Waals surface area contributed by atoms with Gasteiger partial charge in [-0.2, -0.15) is 0 Å². The van der Waals surface area contributed by atoms with Gasteiger partial charge in [0.05, 0.1) is 46.2 Å². The van der Waals surface area contributed by atoms with Crippen molar-refractivity contribution in [2.75, 3.05) is 181 Å². The molecule has 8 heterocycles. The molecule has 0 aromatic heterocycles. The fourth-order valence-corrected chi connectivity index (χ4v) is 14.5. The van der Waals surface area contributed by atoms with Crippen molar-refractivity contribution < 1.29 is 167 Å². The van der Waals surface area contributed by atoms with E-state index < -0.39 is 222 Å². The molecule has 0 saturated carbocycles. The van der Waals surface area contributed by atoms with E-state index >= 15 is 0 Å². The molecule has 2 N–H and O–H groups in total. The molecular formula is C61H108O35. The Morgan fingerprint density at radius 1 is 0.250 bits per heavy atom. The van der Waals surface area contributed by atoms with E-state index in [2.05, 4.69) is 0 Å². The molecule has 35 atom stereocenters. The predicted octanol–water partition coefficient (Wildman–Crippen LogP) is -2.80. The SMILES string of the molecule is COCC1O[C@@H](O[C@@H]2C(COC)O[C@@H](O[C@@H]3C(COC)O[C@@H](O[C@H]4C(OC)C(OC)[C@@H]5OC[C@@H]4O5)C(OC)[C@H]3OC)C(OC)[C@H]2OC)C(OC)C(OC)[C@@H]1O[C@H]1OC(COC)[C@@H](O[C@@H]2OC(COC)[C@@H](OC3OC(CO)[C@@H](O)[C@H](OC)[C@@H]3OC)[C@H](OC)C2OC)C(OC)C1OC. The molecule has 0 aliphatic carbocycles. The molecule has 2 bridgehead atoms. The van der Waals surface area contributed by atoms with Gasteiger partial charge in [-0.3, -0.25) is 0 Å². The summed E-state index contributed by atoms with van der Waals surface area (Å²) < 4.78 is 207. The Hall–Kier alpha value is -1.40. The molecule has 0 aromatic rings. The van der Waals surface area contributed by atoms with Gasteiger partial charge in [0.1, 0.15) is 171 Å². The number of methoxy groups -OCH3 is 19. The summed E-state index contributed by atoms with van der Waals surface area (Å²) in [4.78, 5) is 0. The predicted molar refractivity (Wildman–Crippen MR) is 319 cm³/mol. The van der Waals surface area contributed by atoms with Crippen LogP contribution in [0.5, 0.6) is 0 Å². The van der Waals surface area contributed by atoms with Crippen LogP contribution in [0, 0.1) is 0 Å². The Morgan fingerprint density at radius 3 is 0.698 bits per heavy atom. The molecule has 8 rings (SSSR count). The minimum absolute atomic E-state index is 0.0266. The first-order valence-corrected chi connectivity index (χ1v) is 31.9. The van der Waals surface area contributed by atoms with Crippen LogP contribution in [-0.2, 0) is 156 Å². The van der Waals surface area contributed by atoms with Crippen LogP contribution in [0.25, 0.3) is 0 Å². The van der Waals surface area contributed by atoms with E-state index in [1.54, 1.807) is 14.2 Å². The number of fused-ring (bicyclic) bond motifs is 2. The van der Waals surface area contributed by atoms with Gasteiger partial charge in [0.2, 0.25) is 0 Å². The number of hydrogen-bond donors (Lipinski definition) is 2. The molecule has 35 nitrogen and oxygen atoms in total. The van der Waals surface area contributed by atoms with Crippen LogP contribution in [0.15, 0.2) is 0 Å². The van der Waals surface area contributed by atoms with Crippen molar-refractivity contribution in [1.29, 1.82) is 0 Å². The van der Waals surface area contributed by atoms with Gasteiger partial charge in [0.15, 0.2) is 44.0 Å². The Kier molecular flexibility index (Phi) is 32.6. The largest absolute Gasteiger partial charge is 0.394 e. The average Bonchev–Trinajstić information content (AvgIpc) is 0.991. The van der Waals surface area contributed by atoms with Gasteiger partial charge in [0, 0.05) is 135 Å². The van der Waals surface area contributed by atoms with Crippen LogP contribution in [-0.4, -0.2) is 406 Å². The summed E-state index contributed by atoms with van der Waals surface area (Å²) in [7, 11) is 28.5. The summed E-state index contributed by atoms with van der Waals surface area (Å²) in [6.07, 6.45) is -33.3. The molecule has 8 aliphatic heterocycles. The van der Waals surface area contributed by atoms with Crippen molar-refractivity contribution in [3.05, 3.63) is 0 Å². The Bertz CT molecular complexity index is 2170. The maximum atomic E-state index is 10.9. The third-order valence-corrected chi connectivity index (χ3v) is 19.0. The van der Waals surface area contributed by atoms with Crippen LogP contribution >= 0.6 is 0 Å². The molecule has 8 aliphatic rings. The second kappa shape index (κ2) is 38.9. The summed E-state index contributed by atoms with van der Waals surface area (Å²) in [6.45, 7) is -0.422. The van der Waals surface area contributed by atoms with Gasteiger partial charge in [-0.1, -0.05) is 0 Å². The first kappa shape index (κ1) is 80.3. The van der Waals surface area contributed by atoms with E-state index in [-0.39, 0.29) is 39.6 Å². The van der Waals surface area contributed by atoms with Gasteiger partial charge in [-0.25, -0.2) is 0 Å². The second-order valence-corrected chi connectivity index (χ2v) is 24.0. The van der Waals surface area contributed by atoms with Crippen LogP contribution < -0.4 is 0 Å². The summed E-state index contributed by atoms with van der Waals surface area (Å²) in [5.74, 6) is 0. The van der Waals surface area contributed by atoms with Crippen LogP contribution in [0.3, 0.4) is 0 Å². The molecule has 562 valence electrons. The number of aliphatic hydroxyl groups excluding tert-OH is 2. The van der Waals surface area contributed by atoms with Crippen LogP contribution in [0.1, 0.15) is 0 Å². The highest BCUT2D eigenvalue weighted by atomic mass is 16.8. The van der Waals surface area contributed by atoms with E-state index in [1.165, 1.54) is 121 Å². The molecule has 8 fully saturated rings. The lowest BCUT2D eigenvalue weighted by atomic mass is 9.94. The summed E-state index contributed by atoms with van der Waals surface area (Å²) in [5, 5.41) is 21.1. The van der Waals surface area contributed by atoms with Crippen molar-refractivity contribution >= 4 is 0 Å². The van der Waals surface area contributed by atoms with E-state index in [0.29, 0.717) is 0 Å². The normalized spacial score (nSPS) is 46.2. The molecule has 0 amide bonds. The number of ether oxygens (including phenoxy) is 33. The van der Waals surface area contributed by atoms with Gasteiger partial charge in [0.25, 0.3) is 0 Å². The molecule has 16 unspecified atom stereocenters. The molecule has 35 heteroatoms. The van der Waals surface area contributed by atoms with Gasteiger partial charge < -0.3 is 167 Å². The second-order valence-electron chi connectivity index (χ2n) is 24.0. The summed E-state index contributed by atoms with van der Waals surface area (Å²) in [5.41, 5.74) is 0. The molecule has 96 heavy (non-hydrogen) atoms. The zero-order valence-electron chi connectivity index (χ0n) is 58.5. The highest BCUT2D eigenvalue weighted by Crippen LogP contribution is 2.42. The highest BCUT2D eigenvalue weighted by Gasteiger charge is 2.62. The van der Waals surface area contributed by atoms with Crippen molar-refractivity contribution in [2.24, 2.45) is 0 Å². The van der Waals surface area contributed by atoms with Gasteiger partial charge in [-0.15, -0.1) is 0 Å². The summed E-state index contributed by atoms with van der Waals surface area (Å²) in [6, 6.07) is 0. The smallest absolute Gasteiger partial charge is 0.187 e. The number of rotatable bonds is 37. The minimum Gasteiger partial charge on any atom is -0.394 e. The third-order valence-electron chi connectivity index (χ3n) is 19.0. The van der Waals surface area contributed by atoms with Crippen LogP contribution in [0.4, 0.5) is 0 Å². The highest BCUT2D eigenvalue weighted by molar-refractivity contribution is 5.04. The maximum absolute atomic E-state index is 10.9. The standard InChI is InChI=1S/C61H108O35/c1-64-21-28-35(91-56-48(76-13)41(69-6)34(63)27(20-62)84-56)43(71-8)50(78-15)57(86-28)92-36-29(22-65-2)87-58(51(79-16)44(36)72-9)93-37-30(23-66-3)88-59(52(80-17)45(37)73-10)94-38-31(24-67-4)89-60(53(81-18)46(38)74-11)95-39-32(25-68-5)90-61(54(82-19)47(39)75-12)96-40-33-26-83-55(85-33)49(77-14)42(40)70-7/h27-63H,20-26H2,1-19H3/t27?,28?,29?,30?,31?,32?,33-,34+,35+,36+,37+,38+,39+,40+,41-,42?,43-,44?,45?,46-,47-,48-,49?,50?,51?,52?,53?,54?,55+,56?,57-,58+,59-,60-,61-/m0/s1. The topological polar surface area (TPSA) is 345 Å². The molecule has 0 radical (unpaired) electrons. The lowest BCUT2D eigenvalue weighted by molar-refractivity contribution is -0.403. The Labute approximate surface area is 561 Å². The van der Waals surface area contributed by atoms with E-state index in [0.717, 1.165) is 0 Å². The van der Waals surface area contributed by atoms with Crippen molar-refractivity contribution in [3.63, 3.8) is 0 Å². The molecule has 8 saturated heterocycles. The number of aliphatic hydroxyl groups is 2. The third kappa shape index (κ3) is 17.2. The summed E-state index contributed by atoms with van der Waals surface area (Å²) >= 11 is 0. The quantitative estimate of drug-likeness (QED) is 0.0634. The fourth-order valence-electron chi connectivity index (χ4n) is 14.5. The van der Waals surface area contributed by atoms with Crippen molar-refractivity contribution in [1.82, 2.24) is 0 Å². The molecule has 0 aromatic carbocycles. The van der Waals surface area contributed by atoms with E-state index in [4.69, 9.17) is 156 Å². The zero-order chi connectivity index (χ0) is 69.5. The monoisotopic (exact) mass is 1400 g/mol. The van der Waals surface area contributed by atoms with Gasteiger partial charge in [-0.05, 0) is 0 Å². The molecule has 0 spiro atoms. The Morgan fingerprint density at radius 2 is 0.469 bits per heavy atom.